The highest BCUT2D eigenvalue weighted by Gasteiger charge is 2.31. The number of nitrogens with zero attached hydrogens (tertiary/aromatic N) is 2. The van der Waals surface area contributed by atoms with Crippen molar-refractivity contribution in [1.29, 1.82) is 0 Å². The minimum Gasteiger partial charge on any atom is -0.481 e. The summed E-state index contributed by atoms with van der Waals surface area (Å²) < 4.78 is 10.2. The number of anilines is 2. The van der Waals surface area contributed by atoms with Gasteiger partial charge in [-0.1, -0.05) is 0 Å². The molecule has 0 aliphatic carbocycles. The van der Waals surface area contributed by atoms with Crippen LogP contribution in [0.2, 0.25) is 0 Å². The maximum Gasteiger partial charge on any atom is 0.414 e. The molecular weight excluding hydrogens is 374 g/mol. The van der Waals surface area contributed by atoms with E-state index in [9.17, 15) is 19.2 Å². The number of amides is 2. The minimum absolute atomic E-state index is 0.0576. The maximum atomic E-state index is 11.8. The summed E-state index contributed by atoms with van der Waals surface area (Å²) in [7, 11) is 0. The number of carboxylic acids is 2. The predicted molar refractivity (Wildman–Crippen MR) is 96.2 cm³/mol. The van der Waals surface area contributed by atoms with Gasteiger partial charge in [-0.05, 0) is 24.3 Å². The van der Waals surface area contributed by atoms with Crippen molar-refractivity contribution in [3.05, 3.63) is 24.3 Å². The van der Waals surface area contributed by atoms with Gasteiger partial charge < -0.3 is 30.3 Å². The fourth-order valence-corrected chi connectivity index (χ4v) is 2.59. The van der Waals surface area contributed by atoms with Crippen LogP contribution in [0.4, 0.5) is 16.2 Å². The number of morpholine rings is 1. The topological polar surface area (TPSA) is 160 Å². The molecule has 11 nitrogen and oxygen atoms in total. The van der Waals surface area contributed by atoms with Gasteiger partial charge in [-0.25, -0.2) is 4.79 Å². The van der Waals surface area contributed by atoms with Crippen LogP contribution < -0.4 is 15.5 Å². The number of cyclic esters (lactones) is 1. The second kappa shape index (κ2) is 9.67. The van der Waals surface area contributed by atoms with E-state index in [1.165, 1.54) is 0 Å². The summed E-state index contributed by atoms with van der Waals surface area (Å²) in [6.45, 7) is 1.94. The van der Waals surface area contributed by atoms with E-state index in [4.69, 9.17) is 25.4 Å². The van der Waals surface area contributed by atoms with Crippen molar-refractivity contribution in [3.63, 3.8) is 0 Å². The van der Waals surface area contributed by atoms with E-state index in [-0.39, 0.29) is 24.7 Å². The third-order valence-electron chi connectivity index (χ3n) is 3.90. The molecule has 2 aliphatic heterocycles. The number of carboxylic acid groups (broad SMARTS) is 2. The van der Waals surface area contributed by atoms with E-state index < -0.39 is 18.4 Å². The molecule has 0 unspecified atom stereocenters. The van der Waals surface area contributed by atoms with Crippen molar-refractivity contribution in [3.8, 4) is 0 Å². The monoisotopic (exact) mass is 395 g/mol. The SMILES string of the molecule is NC[C@H]1CN(c2ccc(N3CCOCC3=O)cc2)C(=O)O1.O=C(O)CC(=O)O. The number of aliphatic carboxylic acids is 2. The Kier molecular flexibility index (Phi) is 7.29. The zero-order valence-electron chi connectivity index (χ0n) is 14.9. The van der Waals surface area contributed by atoms with Crippen molar-refractivity contribution >= 4 is 35.3 Å². The first-order valence-corrected chi connectivity index (χ1v) is 8.41. The first-order valence-electron chi connectivity index (χ1n) is 8.41. The fourth-order valence-electron chi connectivity index (χ4n) is 2.59. The van der Waals surface area contributed by atoms with Crippen molar-refractivity contribution in [2.24, 2.45) is 5.73 Å². The third kappa shape index (κ3) is 5.66. The van der Waals surface area contributed by atoms with Crippen LogP contribution in [-0.4, -0.2) is 73.1 Å². The van der Waals surface area contributed by atoms with Gasteiger partial charge in [-0.2, -0.15) is 0 Å². The highest BCUT2D eigenvalue weighted by Crippen LogP contribution is 2.25. The highest BCUT2D eigenvalue weighted by atomic mass is 16.6. The number of rotatable bonds is 5. The summed E-state index contributed by atoms with van der Waals surface area (Å²) in [6.07, 6.45) is -1.46. The van der Waals surface area contributed by atoms with Crippen LogP contribution in [0.15, 0.2) is 24.3 Å². The van der Waals surface area contributed by atoms with Gasteiger partial charge >= 0.3 is 18.0 Å². The molecule has 28 heavy (non-hydrogen) atoms. The lowest BCUT2D eigenvalue weighted by atomic mass is 10.2. The molecule has 152 valence electrons. The van der Waals surface area contributed by atoms with Crippen molar-refractivity contribution < 1.29 is 38.9 Å². The lowest BCUT2D eigenvalue weighted by Crippen LogP contribution is -2.41. The number of nitrogens with two attached hydrogens (primary N) is 1. The Morgan fingerprint density at radius 1 is 1.07 bits per heavy atom. The molecule has 0 radical (unpaired) electrons. The van der Waals surface area contributed by atoms with Crippen molar-refractivity contribution in [2.45, 2.75) is 12.5 Å². The maximum absolute atomic E-state index is 11.8. The normalized spacial score (nSPS) is 19.0. The average molecular weight is 395 g/mol. The Labute approximate surface area is 160 Å². The van der Waals surface area contributed by atoms with Gasteiger partial charge in [0.05, 0.1) is 13.2 Å². The Bertz CT molecular complexity index is 724. The van der Waals surface area contributed by atoms with E-state index in [0.717, 1.165) is 11.4 Å². The number of hydrogen-bond acceptors (Lipinski definition) is 7. The molecule has 2 heterocycles. The molecule has 3 rings (SSSR count). The van der Waals surface area contributed by atoms with Gasteiger partial charge in [0, 0.05) is 24.5 Å². The van der Waals surface area contributed by atoms with Crippen molar-refractivity contribution in [2.75, 3.05) is 42.6 Å². The molecule has 0 spiro atoms. The van der Waals surface area contributed by atoms with Crippen LogP contribution in [-0.2, 0) is 23.9 Å². The lowest BCUT2D eigenvalue weighted by Gasteiger charge is -2.27. The molecule has 11 heteroatoms. The zero-order valence-corrected chi connectivity index (χ0v) is 14.9. The van der Waals surface area contributed by atoms with E-state index >= 15 is 0 Å². The minimum atomic E-state index is -1.31. The quantitative estimate of drug-likeness (QED) is 0.577. The van der Waals surface area contributed by atoms with Crippen LogP contribution >= 0.6 is 0 Å². The lowest BCUT2D eigenvalue weighted by molar-refractivity contribution is -0.147. The Morgan fingerprint density at radius 3 is 2.07 bits per heavy atom. The molecule has 2 amide bonds. The van der Waals surface area contributed by atoms with Gasteiger partial charge in [-0.15, -0.1) is 0 Å². The molecule has 2 fully saturated rings. The number of carbonyl (C=O) groups is 4. The first kappa shape index (κ1) is 21.1. The van der Waals surface area contributed by atoms with Crippen LogP contribution in [0.5, 0.6) is 0 Å². The van der Waals surface area contributed by atoms with E-state index in [1.807, 2.05) is 12.1 Å². The Balaban J connectivity index is 0.000000345. The third-order valence-corrected chi connectivity index (χ3v) is 3.90. The van der Waals surface area contributed by atoms with E-state index in [2.05, 4.69) is 0 Å². The summed E-state index contributed by atoms with van der Waals surface area (Å²) >= 11 is 0. The molecule has 1 atom stereocenters. The molecule has 2 aliphatic rings. The molecule has 0 aromatic heterocycles. The van der Waals surface area contributed by atoms with E-state index in [1.54, 1.807) is 21.9 Å². The smallest absolute Gasteiger partial charge is 0.414 e. The zero-order chi connectivity index (χ0) is 20.7. The molecule has 1 aromatic rings. The Morgan fingerprint density at radius 2 is 1.64 bits per heavy atom. The van der Waals surface area contributed by atoms with Gasteiger partial charge in [0.15, 0.2) is 0 Å². The summed E-state index contributed by atoms with van der Waals surface area (Å²) in [4.78, 5) is 45.6. The highest BCUT2D eigenvalue weighted by molar-refractivity contribution is 5.95. The molecule has 1 aromatic carbocycles. The number of ether oxygens (including phenoxy) is 2. The van der Waals surface area contributed by atoms with Crippen molar-refractivity contribution in [1.82, 2.24) is 0 Å². The molecule has 0 bridgehead atoms. The van der Waals surface area contributed by atoms with Gasteiger partial charge in [-0.3, -0.25) is 19.3 Å². The van der Waals surface area contributed by atoms with Crippen LogP contribution in [0, 0.1) is 0 Å². The largest absolute Gasteiger partial charge is 0.481 e. The fraction of sp³-hybridized carbons (Fsp3) is 0.412. The van der Waals surface area contributed by atoms with Crippen LogP contribution in [0.3, 0.4) is 0 Å². The summed E-state index contributed by atoms with van der Waals surface area (Å²) in [6, 6.07) is 7.25. The average Bonchev–Trinajstić information content (AvgIpc) is 3.03. The van der Waals surface area contributed by atoms with Gasteiger partial charge in [0.1, 0.15) is 19.1 Å². The number of carbonyl (C=O) groups excluding carboxylic acids is 2. The van der Waals surface area contributed by atoms with Gasteiger partial charge in [0.25, 0.3) is 5.91 Å². The van der Waals surface area contributed by atoms with Gasteiger partial charge in [0.2, 0.25) is 0 Å². The second-order valence-electron chi connectivity index (χ2n) is 5.93. The molecule has 2 saturated heterocycles. The van der Waals surface area contributed by atoms with Crippen LogP contribution in [0.25, 0.3) is 0 Å². The standard InChI is InChI=1S/C14H17N3O4.C3H4O4/c15-7-12-8-17(14(19)21-12)11-3-1-10(2-4-11)16-5-6-20-9-13(16)18;4-2(5)1-3(6)7/h1-4,12H,5-9,15H2;1H2,(H,4,5)(H,6,7)/t12-;/m0./s1. The molecule has 4 N–H and O–H groups in total. The predicted octanol–water partition coefficient (Wildman–Crippen LogP) is -0.121. The van der Waals surface area contributed by atoms with Crippen LogP contribution in [0.1, 0.15) is 6.42 Å². The summed E-state index contributed by atoms with van der Waals surface area (Å²) in [5.41, 5.74) is 7.05. The van der Waals surface area contributed by atoms with E-state index in [0.29, 0.717) is 26.2 Å². The first-order chi connectivity index (χ1) is 13.3. The number of benzene rings is 1. The summed E-state index contributed by atoms with van der Waals surface area (Å²) in [5.74, 6) is -2.68. The second-order valence-corrected chi connectivity index (χ2v) is 5.93. The Hall–Kier alpha value is -3.18. The molecule has 0 saturated carbocycles. The summed E-state index contributed by atoms with van der Waals surface area (Å²) in [5, 5.41) is 15.4. The molecular formula is C17H21N3O8. The number of hydrogen-bond donors (Lipinski definition) is 3.